The van der Waals surface area contributed by atoms with Crippen LogP contribution < -0.4 is 0 Å². The molecule has 1 aliphatic carbocycles. The summed E-state index contributed by atoms with van der Waals surface area (Å²) in [6, 6.07) is 19.6. The Morgan fingerprint density at radius 1 is 0.913 bits per heavy atom. The summed E-state index contributed by atoms with van der Waals surface area (Å²) in [5.74, 6) is 6.17. The van der Waals surface area contributed by atoms with E-state index in [1.54, 1.807) is 6.20 Å². The van der Waals surface area contributed by atoms with Crippen molar-refractivity contribution in [3.63, 3.8) is 0 Å². The van der Waals surface area contributed by atoms with Gasteiger partial charge in [-0.05, 0) is 36.2 Å². The molecule has 1 atom stereocenters. The van der Waals surface area contributed by atoms with E-state index in [1.165, 1.54) is 0 Å². The molecule has 1 heterocycles. The van der Waals surface area contributed by atoms with Crippen LogP contribution in [0.15, 0.2) is 66.9 Å². The summed E-state index contributed by atoms with van der Waals surface area (Å²) in [7, 11) is 0. The number of aromatic nitrogens is 1. The minimum Gasteiger partial charge on any atom is -0.369 e. The van der Waals surface area contributed by atoms with Gasteiger partial charge in [-0.3, -0.25) is 4.98 Å². The summed E-state index contributed by atoms with van der Waals surface area (Å²) in [6.07, 6.45) is 1.74. The molecular weight excluding hydrogens is 282 g/mol. The molecule has 0 spiro atoms. The van der Waals surface area contributed by atoms with Crippen molar-refractivity contribution in [1.29, 1.82) is 0 Å². The number of aryl methyl sites for hydroxylation is 1. The highest BCUT2D eigenvalue weighted by molar-refractivity contribution is 5.82. The lowest BCUT2D eigenvalue weighted by atomic mass is 9.92. The van der Waals surface area contributed by atoms with E-state index in [2.05, 4.69) is 16.8 Å². The van der Waals surface area contributed by atoms with Crippen molar-refractivity contribution in [2.24, 2.45) is 0 Å². The van der Waals surface area contributed by atoms with Crippen LogP contribution >= 0.6 is 0 Å². The van der Waals surface area contributed by atoms with E-state index in [0.717, 1.165) is 33.5 Å². The van der Waals surface area contributed by atoms with Gasteiger partial charge in [0.2, 0.25) is 0 Å². The Labute approximate surface area is 135 Å². The first kappa shape index (κ1) is 13.8. The molecule has 0 amide bonds. The van der Waals surface area contributed by atoms with Crippen LogP contribution in [0.2, 0.25) is 0 Å². The van der Waals surface area contributed by atoms with Crippen LogP contribution in [-0.2, 0) is 5.60 Å². The standard InChI is InChI=1S/C21H15NO/c1-15-13-18-17-9-5-6-10-19(17)21(23,20(18)14-22-15)12-11-16-7-3-2-4-8-16/h2-10,13-14,23H,1H3. The molecule has 1 aliphatic rings. The van der Waals surface area contributed by atoms with E-state index in [4.69, 9.17) is 0 Å². The molecule has 110 valence electrons. The monoisotopic (exact) mass is 297 g/mol. The SMILES string of the molecule is Cc1cc2c(cn1)C(O)(C#Cc1ccccc1)c1ccccc1-2. The Morgan fingerprint density at radius 2 is 1.65 bits per heavy atom. The predicted molar refractivity (Wildman–Crippen MR) is 90.7 cm³/mol. The summed E-state index contributed by atoms with van der Waals surface area (Å²) in [4.78, 5) is 4.36. The average molecular weight is 297 g/mol. The molecular formula is C21H15NO. The van der Waals surface area contributed by atoms with Gasteiger partial charge in [-0.1, -0.05) is 54.3 Å². The van der Waals surface area contributed by atoms with Crippen LogP contribution in [0, 0.1) is 18.8 Å². The summed E-state index contributed by atoms with van der Waals surface area (Å²) in [5.41, 5.74) is 4.11. The number of hydrogen-bond donors (Lipinski definition) is 1. The second-order valence-electron chi connectivity index (χ2n) is 5.74. The Kier molecular flexibility index (Phi) is 3.04. The summed E-state index contributed by atoms with van der Waals surface area (Å²) < 4.78 is 0. The first-order valence-electron chi connectivity index (χ1n) is 7.56. The largest absolute Gasteiger partial charge is 0.369 e. The zero-order valence-corrected chi connectivity index (χ0v) is 12.7. The van der Waals surface area contributed by atoms with Gasteiger partial charge in [-0.2, -0.15) is 0 Å². The normalized spacial score (nSPS) is 17.8. The lowest BCUT2D eigenvalue weighted by Crippen LogP contribution is -2.22. The number of aliphatic hydroxyl groups is 1. The molecule has 1 unspecified atom stereocenters. The van der Waals surface area contributed by atoms with E-state index in [0.29, 0.717) is 0 Å². The van der Waals surface area contributed by atoms with Crippen molar-refractivity contribution in [3.8, 4) is 23.0 Å². The zero-order valence-electron chi connectivity index (χ0n) is 12.7. The van der Waals surface area contributed by atoms with Crippen molar-refractivity contribution in [1.82, 2.24) is 4.98 Å². The molecule has 0 radical (unpaired) electrons. The summed E-state index contributed by atoms with van der Waals surface area (Å²) in [5, 5.41) is 11.3. The number of pyridine rings is 1. The van der Waals surface area contributed by atoms with Crippen molar-refractivity contribution >= 4 is 0 Å². The quantitative estimate of drug-likeness (QED) is 0.642. The number of rotatable bonds is 0. The van der Waals surface area contributed by atoms with Gasteiger partial charge in [0.25, 0.3) is 0 Å². The Morgan fingerprint density at radius 3 is 2.48 bits per heavy atom. The maximum Gasteiger partial charge on any atom is 0.179 e. The van der Waals surface area contributed by atoms with Gasteiger partial charge in [0.05, 0.1) is 0 Å². The molecule has 0 saturated carbocycles. The highest BCUT2D eigenvalue weighted by atomic mass is 16.3. The molecule has 1 N–H and O–H groups in total. The maximum atomic E-state index is 11.3. The third-order valence-electron chi connectivity index (χ3n) is 4.20. The fraction of sp³-hybridized carbons (Fsp3) is 0.0952. The molecule has 3 aromatic rings. The van der Waals surface area contributed by atoms with Gasteiger partial charge in [0, 0.05) is 28.6 Å². The molecule has 2 heteroatoms. The minimum absolute atomic E-state index is 0.757. The molecule has 1 aromatic heterocycles. The van der Waals surface area contributed by atoms with Crippen molar-refractivity contribution in [2.75, 3.05) is 0 Å². The number of benzene rings is 2. The average Bonchev–Trinajstić information content (AvgIpc) is 2.84. The maximum absolute atomic E-state index is 11.3. The summed E-state index contributed by atoms with van der Waals surface area (Å²) in [6.45, 7) is 1.95. The number of hydrogen-bond acceptors (Lipinski definition) is 2. The molecule has 0 aliphatic heterocycles. The van der Waals surface area contributed by atoms with Crippen molar-refractivity contribution in [3.05, 3.63) is 89.2 Å². The van der Waals surface area contributed by atoms with E-state index in [9.17, 15) is 5.11 Å². The van der Waals surface area contributed by atoms with Crippen LogP contribution in [-0.4, -0.2) is 10.1 Å². The molecule has 2 nitrogen and oxygen atoms in total. The van der Waals surface area contributed by atoms with E-state index < -0.39 is 5.60 Å². The highest BCUT2D eigenvalue weighted by Crippen LogP contribution is 2.46. The third kappa shape index (κ3) is 2.14. The van der Waals surface area contributed by atoms with E-state index in [-0.39, 0.29) is 0 Å². The fourth-order valence-corrected chi connectivity index (χ4v) is 3.07. The van der Waals surface area contributed by atoms with Crippen molar-refractivity contribution < 1.29 is 5.11 Å². The predicted octanol–water partition coefficient (Wildman–Crippen LogP) is 3.66. The van der Waals surface area contributed by atoms with Crippen LogP contribution in [0.3, 0.4) is 0 Å². The van der Waals surface area contributed by atoms with Gasteiger partial charge in [0.1, 0.15) is 0 Å². The Hall–Kier alpha value is -2.89. The number of fused-ring (bicyclic) bond motifs is 3. The van der Waals surface area contributed by atoms with Crippen LogP contribution in [0.4, 0.5) is 0 Å². The minimum atomic E-state index is -1.32. The van der Waals surface area contributed by atoms with Crippen LogP contribution in [0.5, 0.6) is 0 Å². The molecule has 23 heavy (non-hydrogen) atoms. The van der Waals surface area contributed by atoms with Gasteiger partial charge in [-0.25, -0.2) is 0 Å². The molecule has 0 saturated heterocycles. The Bertz CT molecular complexity index is 950. The lowest BCUT2D eigenvalue weighted by molar-refractivity contribution is 0.150. The summed E-state index contributed by atoms with van der Waals surface area (Å²) >= 11 is 0. The Balaban J connectivity index is 1.94. The molecule has 2 aromatic carbocycles. The van der Waals surface area contributed by atoms with Gasteiger partial charge in [-0.15, -0.1) is 0 Å². The second kappa shape index (κ2) is 5.08. The highest BCUT2D eigenvalue weighted by Gasteiger charge is 2.40. The van der Waals surface area contributed by atoms with E-state index in [1.807, 2.05) is 67.6 Å². The van der Waals surface area contributed by atoms with Crippen LogP contribution in [0.1, 0.15) is 22.4 Å². The van der Waals surface area contributed by atoms with Crippen LogP contribution in [0.25, 0.3) is 11.1 Å². The fourth-order valence-electron chi connectivity index (χ4n) is 3.07. The third-order valence-corrected chi connectivity index (χ3v) is 4.20. The second-order valence-corrected chi connectivity index (χ2v) is 5.74. The van der Waals surface area contributed by atoms with E-state index >= 15 is 0 Å². The molecule has 0 fully saturated rings. The number of nitrogens with zero attached hydrogens (tertiary/aromatic N) is 1. The van der Waals surface area contributed by atoms with Gasteiger partial charge >= 0.3 is 0 Å². The first-order chi connectivity index (χ1) is 11.2. The molecule has 0 bridgehead atoms. The molecule has 4 rings (SSSR count). The van der Waals surface area contributed by atoms with Crippen molar-refractivity contribution in [2.45, 2.75) is 12.5 Å². The van der Waals surface area contributed by atoms with Gasteiger partial charge in [0.15, 0.2) is 5.60 Å². The topological polar surface area (TPSA) is 33.1 Å². The lowest BCUT2D eigenvalue weighted by Gasteiger charge is -2.18. The first-order valence-corrected chi connectivity index (χ1v) is 7.56. The van der Waals surface area contributed by atoms with Gasteiger partial charge < -0.3 is 5.11 Å². The smallest absolute Gasteiger partial charge is 0.179 e. The zero-order chi connectivity index (χ0) is 15.9.